The number of hydrogen-bond donors (Lipinski definition) is 1. The van der Waals surface area contributed by atoms with Gasteiger partial charge in [0, 0.05) is 31.9 Å². The molecule has 0 unspecified atom stereocenters. The first-order valence-corrected chi connectivity index (χ1v) is 11.4. The van der Waals surface area contributed by atoms with Gasteiger partial charge >= 0.3 is 5.69 Å². The molecule has 162 valence electrons. The van der Waals surface area contributed by atoms with Gasteiger partial charge in [-0.2, -0.15) is 0 Å². The zero-order valence-electron chi connectivity index (χ0n) is 17.4. The maximum absolute atomic E-state index is 12.8. The third-order valence-electron chi connectivity index (χ3n) is 5.81. The Balaban J connectivity index is 1.26. The lowest BCUT2D eigenvalue weighted by atomic mass is 10.1. The molecule has 1 N–H and O–H groups in total. The zero-order valence-corrected chi connectivity index (χ0v) is 18.2. The maximum atomic E-state index is 12.8. The number of aromatic nitrogens is 2. The highest BCUT2D eigenvalue weighted by atomic mass is 32.1. The number of rotatable bonds is 4. The number of carbonyl (C=O) groups is 1. The van der Waals surface area contributed by atoms with E-state index < -0.39 is 5.69 Å². The van der Waals surface area contributed by atoms with Crippen LogP contribution in [0, 0.1) is 0 Å². The van der Waals surface area contributed by atoms with E-state index in [1.807, 2.05) is 23.1 Å². The van der Waals surface area contributed by atoms with Crippen molar-refractivity contribution in [2.45, 2.75) is 6.42 Å². The topological polar surface area (TPSA) is 78.4 Å². The van der Waals surface area contributed by atoms with E-state index in [-0.39, 0.29) is 11.5 Å². The monoisotopic (exact) mass is 446 g/mol. The Labute approximate surface area is 188 Å². The highest BCUT2D eigenvalue weighted by Crippen LogP contribution is 2.17. The Morgan fingerprint density at radius 3 is 2.31 bits per heavy atom. The van der Waals surface area contributed by atoms with E-state index in [1.54, 1.807) is 35.7 Å². The van der Waals surface area contributed by atoms with Gasteiger partial charge in [0.2, 0.25) is 5.91 Å². The summed E-state index contributed by atoms with van der Waals surface area (Å²) in [6, 6.07) is 19.0. The maximum Gasteiger partial charge on any atom is 0.333 e. The van der Waals surface area contributed by atoms with Gasteiger partial charge < -0.3 is 14.8 Å². The van der Waals surface area contributed by atoms with E-state index in [1.165, 1.54) is 17.0 Å². The molecule has 1 saturated heterocycles. The van der Waals surface area contributed by atoms with Crippen LogP contribution in [0.15, 0.2) is 75.6 Å². The summed E-state index contributed by atoms with van der Waals surface area (Å²) >= 11 is 1.30. The van der Waals surface area contributed by atoms with Crippen molar-refractivity contribution >= 4 is 33.1 Å². The number of H-pyrrole nitrogens is 1. The highest BCUT2D eigenvalue weighted by molar-refractivity contribution is 7.17. The Morgan fingerprint density at radius 1 is 0.875 bits per heavy atom. The average molecular weight is 447 g/mol. The van der Waals surface area contributed by atoms with Crippen LogP contribution < -0.4 is 16.1 Å². The van der Waals surface area contributed by atoms with Crippen LogP contribution in [-0.4, -0.2) is 46.5 Å². The summed E-state index contributed by atoms with van der Waals surface area (Å²) < 4.78 is 1.64. The van der Waals surface area contributed by atoms with E-state index in [4.69, 9.17) is 0 Å². The minimum Gasteiger partial charge on any atom is -0.368 e. The van der Waals surface area contributed by atoms with Gasteiger partial charge in [-0.1, -0.05) is 30.3 Å². The Bertz CT molecular complexity index is 1360. The molecule has 1 fully saturated rings. The molecular weight excluding hydrogens is 424 g/mol. The van der Waals surface area contributed by atoms with Gasteiger partial charge in [0.1, 0.15) is 4.70 Å². The van der Waals surface area contributed by atoms with Crippen molar-refractivity contribution in [3.63, 3.8) is 0 Å². The minimum atomic E-state index is -0.471. The molecule has 0 atom stereocenters. The second-order valence-corrected chi connectivity index (χ2v) is 8.70. The van der Waals surface area contributed by atoms with Crippen molar-refractivity contribution in [2.75, 3.05) is 31.1 Å². The third kappa shape index (κ3) is 3.85. The number of nitrogens with zero attached hydrogens (tertiary/aromatic N) is 3. The standard InChI is InChI=1S/C24H22N4O3S/c29-21(27-13-11-26(12-14-27)18-4-2-1-3-5-18)16-17-6-8-19(9-7-17)28-23(30)22-20(10-15-32-22)25-24(28)31/h1-10,15H,11-14,16H2,(H,25,31). The highest BCUT2D eigenvalue weighted by Gasteiger charge is 2.21. The van der Waals surface area contributed by atoms with Crippen LogP contribution >= 0.6 is 11.3 Å². The molecule has 1 aliphatic rings. The molecule has 0 bridgehead atoms. The Hall–Kier alpha value is -3.65. The number of piperazine rings is 1. The predicted molar refractivity (Wildman–Crippen MR) is 127 cm³/mol. The molecule has 1 amide bonds. The van der Waals surface area contributed by atoms with Gasteiger partial charge in [-0.25, -0.2) is 9.36 Å². The molecule has 0 radical (unpaired) electrons. The van der Waals surface area contributed by atoms with Crippen LogP contribution in [0.25, 0.3) is 15.9 Å². The lowest BCUT2D eigenvalue weighted by Gasteiger charge is -2.36. The van der Waals surface area contributed by atoms with Gasteiger partial charge in [-0.15, -0.1) is 11.3 Å². The number of aromatic amines is 1. The van der Waals surface area contributed by atoms with E-state index >= 15 is 0 Å². The van der Waals surface area contributed by atoms with Gasteiger partial charge in [-0.3, -0.25) is 9.59 Å². The van der Waals surface area contributed by atoms with E-state index in [0.29, 0.717) is 35.4 Å². The molecule has 2 aromatic carbocycles. The fourth-order valence-corrected chi connectivity index (χ4v) is 4.85. The molecule has 32 heavy (non-hydrogen) atoms. The zero-order chi connectivity index (χ0) is 22.1. The van der Waals surface area contributed by atoms with Crippen LogP contribution in [0.3, 0.4) is 0 Å². The van der Waals surface area contributed by atoms with Crippen molar-refractivity contribution in [1.82, 2.24) is 14.5 Å². The number of hydrogen-bond acceptors (Lipinski definition) is 5. The van der Waals surface area contributed by atoms with Crippen molar-refractivity contribution in [2.24, 2.45) is 0 Å². The normalized spacial score (nSPS) is 14.1. The molecule has 7 nitrogen and oxygen atoms in total. The molecule has 0 saturated carbocycles. The summed E-state index contributed by atoms with van der Waals surface area (Å²) in [6.45, 7) is 3.01. The summed E-state index contributed by atoms with van der Waals surface area (Å²) in [5.74, 6) is 0.0838. The summed E-state index contributed by atoms with van der Waals surface area (Å²) in [7, 11) is 0. The van der Waals surface area contributed by atoms with Crippen molar-refractivity contribution < 1.29 is 4.79 Å². The summed E-state index contributed by atoms with van der Waals surface area (Å²) in [4.78, 5) is 44.8. The Kier molecular flexibility index (Phi) is 5.36. The third-order valence-corrected chi connectivity index (χ3v) is 6.71. The van der Waals surface area contributed by atoms with Gasteiger partial charge in [0.25, 0.3) is 5.56 Å². The molecule has 0 spiro atoms. The smallest absolute Gasteiger partial charge is 0.333 e. The molecule has 8 heteroatoms. The number of fused-ring (bicyclic) bond motifs is 1. The van der Waals surface area contributed by atoms with Crippen molar-refractivity contribution in [3.8, 4) is 5.69 Å². The fourth-order valence-electron chi connectivity index (χ4n) is 4.07. The summed E-state index contributed by atoms with van der Waals surface area (Å²) in [5.41, 5.74) is 2.27. The van der Waals surface area contributed by atoms with Gasteiger partial charge in [-0.05, 0) is 41.3 Å². The summed E-state index contributed by atoms with van der Waals surface area (Å²) in [6.07, 6.45) is 0.292. The second kappa shape index (κ2) is 8.47. The molecule has 0 aliphatic carbocycles. The molecule has 5 rings (SSSR count). The van der Waals surface area contributed by atoms with Crippen LogP contribution in [0.1, 0.15) is 5.56 Å². The predicted octanol–water partition coefficient (Wildman–Crippen LogP) is 2.63. The largest absolute Gasteiger partial charge is 0.368 e. The second-order valence-electron chi connectivity index (χ2n) is 7.78. The first-order valence-electron chi connectivity index (χ1n) is 10.5. The van der Waals surface area contributed by atoms with Crippen molar-refractivity contribution in [1.29, 1.82) is 0 Å². The number of carbonyl (C=O) groups excluding carboxylic acids is 1. The quantitative estimate of drug-likeness (QED) is 0.523. The lowest BCUT2D eigenvalue weighted by molar-refractivity contribution is -0.130. The summed E-state index contributed by atoms with van der Waals surface area (Å²) in [5, 5.41) is 1.78. The van der Waals surface area contributed by atoms with Crippen LogP contribution in [0.2, 0.25) is 0 Å². The Morgan fingerprint density at radius 2 is 1.59 bits per heavy atom. The molecule has 3 heterocycles. The first-order chi connectivity index (χ1) is 15.6. The van der Waals surface area contributed by atoms with E-state index in [9.17, 15) is 14.4 Å². The number of amides is 1. The van der Waals surface area contributed by atoms with Gasteiger partial charge in [0.15, 0.2) is 0 Å². The SMILES string of the molecule is O=C(Cc1ccc(-n2c(=O)[nH]c3ccsc3c2=O)cc1)N1CCN(c2ccccc2)CC1. The molecular formula is C24H22N4O3S. The lowest BCUT2D eigenvalue weighted by Crippen LogP contribution is -2.49. The number of para-hydroxylation sites is 1. The van der Waals surface area contributed by atoms with Crippen LogP contribution in [-0.2, 0) is 11.2 Å². The van der Waals surface area contributed by atoms with Crippen LogP contribution in [0.4, 0.5) is 5.69 Å². The van der Waals surface area contributed by atoms with E-state index in [2.05, 4.69) is 22.0 Å². The first kappa shape index (κ1) is 20.3. The molecule has 1 aliphatic heterocycles. The average Bonchev–Trinajstić information content (AvgIpc) is 3.29. The molecule has 4 aromatic rings. The molecule has 2 aromatic heterocycles. The number of thiophene rings is 1. The number of nitrogens with one attached hydrogen (secondary N) is 1. The minimum absolute atomic E-state index is 0.0838. The van der Waals surface area contributed by atoms with Crippen molar-refractivity contribution in [3.05, 3.63) is 92.4 Å². The van der Waals surface area contributed by atoms with E-state index in [0.717, 1.165) is 23.2 Å². The fraction of sp³-hybridized carbons (Fsp3) is 0.208. The van der Waals surface area contributed by atoms with Gasteiger partial charge in [0.05, 0.1) is 17.6 Å². The number of benzene rings is 2. The number of anilines is 1. The van der Waals surface area contributed by atoms with Crippen LogP contribution in [0.5, 0.6) is 0 Å².